The van der Waals surface area contributed by atoms with E-state index in [-0.39, 0.29) is 5.92 Å². The average Bonchev–Trinajstić information content (AvgIpc) is 2.94. The smallest absolute Gasteiger partial charge is 0.326 e. The van der Waals surface area contributed by atoms with Crippen molar-refractivity contribution in [2.45, 2.75) is 38.1 Å². The predicted molar refractivity (Wildman–Crippen MR) is 79.0 cm³/mol. The maximum atomic E-state index is 11.6. The van der Waals surface area contributed by atoms with Gasteiger partial charge >= 0.3 is 5.97 Å². The van der Waals surface area contributed by atoms with Crippen LogP contribution in [0.25, 0.3) is 10.2 Å². The monoisotopic (exact) mass is 291 g/mol. The summed E-state index contributed by atoms with van der Waals surface area (Å²) >= 11 is 1.53. The number of rotatable bonds is 4. The number of nitrogens with one attached hydrogen (secondary N) is 1. The van der Waals surface area contributed by atoms with Gasteiger partial charge in [-0.15, -0.1) is 11.3 Å². The van der Waals surface area contributed by atoms with Crippen molar-refractivity contribution in [3.63, 3.8) is 0 Å². The minimum absolute atomic E-state index is 0.186. The Labute approximate surface area is 121 Å². The first-order chi connectivity index (χ1) is 9.75. The van der Waals surface area contributed by atoms with Crippen molar-refractivity contribution in [1.82, 2.24) is 9.97 Å². The largest absolute Gasteiger partial charge is 0.480 e. The minimum Gasteiger partial charge on any atom is -0.480 e. The first-order valence-electron chi connectivity index (χ1n) is 6.93. The normalized spacial score (nSPS) is 18.0. The van der Waals surface area contributed by atoms with Gasteiger partial charge in [0.25, 0.3) is 0 Å². The molecular weight excluding hydrogens is 274 g/mol. The van der Waals surface area contributed by atoms with E-state index in [2.05, 4.69) is 15.3 Å². The predicted octanol–water partition coefficient (Wildman–Crippen LogP) is 3.14. The summed E-state index contributed by atoms with van der Waals surface area (Å²) in [5.74, 6) is 0.0365. The van der Waals surface area contributed by atoms with Gasteiger partial charge in [-0.3, -0.25) is 0 Å². The number of thiophene rings is 1. The van der Waals surface area contributed by atoms with Gasteiger partial charge in [0, 0.05) is 0 Å². The van der Waals surface area contributed by atoms with E-state index in [9.17, 15) is 9.90 Å². The summed E-state index contributed by atoms with van der Waals surface area (Å²) in [7, 11) is 0. The number of fused-ring (bicyclic) bond motifs is 1. The molecule has 1 unspecified atom stereocenters. The number of carbonyl (C=O) groups is 1. The van der Waals surface area contributed by atoms with Crippen LogP contribution >= 0.6 is 11.3 Å². The Morgan fingerprint density at radius 2 is 2.15 bits per heavy atom. The lowest BCUT2D eigenvalue weighted by Crippen LogP contribution is -2.38. The minimum atomic E-state index is -0.791. The Kier molecular flexibility index (Phi) is 3.82. The molecule has 0 amide bonds. The highest BCUT2D eigenvalue weighted by molar-refractivity contribution is 7.17. The number of carboxylic acid groups (broad SMARTS) is 1. The summed E-state index contributed by atoms with van der Waals surface area (Å²) < 4.78 is 0.926. The summed E-state index contributed by atoms with van der Waals surface area (Å²) in [5.41, 5.74) is 0.861. The van der Waals surface area contributed by atoms with E-state index >= 15 is 0 Å². The van der Waals surface area contributed by atoms with E-state index in [0.717, 1.165) is 35.9 Å². The molecule has 0 aromatic carbocycles. The van der Waals surface area contributed by atoms with Gasteiger partial charge in [0.1, 0.15) is 18.2 Å². The second kappa shape index (κ2) is 5.75. The van der Waals surface area contributed by atoms with Crippen molar-refractivity contribution >= 4 is 33.3 Å². The molecule has 106 valence electrons. The fraction of sp³-hybridized carbons (Fsp3) is 0.500. The highest BCUT2D eigenvalue weighted by Gasteiger charge is 2.30. The lowest BCUT2D eigenvalue weighted by molar-refractivity contribution is -0.139. The third-order valence-electron chi connectivity index (χ3n) is 3.92. The van der Waals surface area contributed by atoms with Gasteiger partial charge in [-0.05, 0) is 30.2 Å². The number of aliphatic carboxylic acids is 1. The van der Waals surface area contributed by atoms with E-state index in [1.54, 1.807) is 0 Å². The lowest BCUT2D eigenvalue weighted by Gasteiger charge is -2.28. The zero-order valence-electron chi connectivity index (χ0n) is 11.1. The lowest BCUT2D eigenvalue weighted by atomic mass is 9.84. The molecule has 1 fully saturated rings. The molecule has 2 heterocycles. The number of anilines is 1. The molecule has 2 N–H and O–H groups in total. The Morgan fingerprint density at radius 1 is 1.35 bits per heavy atom. The van der Waals surface area contributed by atoms with Crippen molar-refractivity contribution in [1.29, 1.82) is 0 Å². The Balaban J connectivity index is 1.85. The van der Waals surface area contributed by atoms with Crippen molar-refractivity contribution in [2.75, 3.05) is 5.32 Å². The number of hydrogen-bond donors (Lipinski definition) is 2. The zero-order chi connectivity index (χ0) is 13.9. The molecule has 5 nitrogen and oxygen atoms in total. The summed E-state index contributed by atoms with van der Waals surface area (Å²) in [6.07, 6.45) is 6.89. The van der Waals surface area contributed by atoms with Crippen LogP contribution in [0.2, 0.25) is 0 Å². The summed E-state index contributed by atoms with van der Waals surface area (Å²) in [6, 6.07) is 1.36. The quantitative estimate of drug-likeness (QED) is 0.905. The van der Waals surface area contributed by atoms with Crippen LogP contribution in [0.1, 0.15) is 32.1 Å². The van der Waals surface area contributed by atoms with E-state index in [1.165, 1.54) is 24.1 Å². The van der Waals surface area contributed by atoms with Crippen molar-refractivity contribution in [3.05, 3.63) is 17.8 Å². The first-order valence-corrected chi connectivity index (χ1v) is 7.81. The first kappa shape index (κ1) is 13.3. The van der Waals surface area contributed by atoms with Crippen molar-refractivity contribution in [2.24, 2.45) is 5.92 Å². The van der Waals surface area contributed by atoms with Crippen LogP contribution in [0.3, 0.4) is 0 Å². The molecule has 1 aliphatic carbocycles. The van der Waals surface area contributed by atoms with Crippen LogP contribution in [0, 0.1) is 5.92 Å². The van der Waals surface area contributed by atoms with E-state index in [0.29, 0.717) is 5.82 Å². The van der Waals surface area contributed by atoms with Crippen molar-refractivity contribution < 1.29 is 9.90 Å². The molecule has 3 rings (SSSR count). The van der Waals surface area contributed by atoms with Crippen LogP contribution in [0.4, 0.5) is 5.82 Å². The molecule has 0 radical (unpaired) electrons. The molecule has 0 saturated heterocycles. The SMILES string of the molecule is O=C(O)C(Nc1ncnc2ccsc12)C1CCCCC1. The standard InChI is InChI=1S/C14H17N3O2S/c18-14(19)11(9-4-2-1-3-5-9)17-13-12-10(6-7-20-12)15-8-16-13/h6-9,11H,1-5H2,(H,18,19)(H,15,16,17). The number of carboxylic acids is 1. The molecule has 2 aromatic heterocycles. The maximum Gasteiger partial charge on any atom is 0.326 e. The molecular formula is C14H17N3O2S. The third kappa shape index (κ3) is 2.60. The Hall–Kier alpha value is -1.69. The van der Waals surface area contributed by atoms with Gasteiger partial charge < -0.3 is 10.4 Å². The molecule has 1 aliphatic rings. The maximum absolute atomic E-state index is 11.6. The van der Waals surface area contributed by atoms with Gasteiger partial charge in [0.15, 0.2) is 0 Å². The van der Waals surface area contributed by atoms with Crippen LogP contribution in [0.5, 0.6) is 0 Å². The second-order valence-corrected chi connectivity index (χ2v) is 6.13. The number of hydrogen-bond acceptors (Lipinski definition) is 5. The number of nitrogens with zero attached hydrogens (tertiary/aromatic N) is 2. The third-order valence-corrected chi connectivity index (χ3v) is 4.83. The summed E-state index contributed by atoms with van der Waals surface area (Å²) in [5, 5.41) is 14.6. The van der Waals surface area contributed by atoms with Gasteiger partial charge in [0.2, 0.25) is 0 Å². The van der Waals surface area contributed by atoms with E-state index in [1.807, 2.05) is 11.4 Å². The molecule has 0 aliphatic heterocycles. The van der Waals surface area contributed by atoms with Gasteiger partial charge in [-0.2, -0.15) is 0 Å². The topological polar surface area (TPSA) is 75.1 Å². The molecule has 0 bridgehead atoms. The van der Waals surface area contributed by atoms with Crippen LogP contribution in [-0.4, -0.2) is 27.1 Å². The fourth-order valence-electron chi connectivity index (χ4n) is 2.89. The number of aromatic nitrogens is 2. The fourth-order valence-corrected chi connectivity index (χ4v) is 3.69. The van der Waals surface area contributed by atoms with Gasteiger partial charge in [0.05, 0.1) is 10.2 Å². The van der Waals surface area contributed by atoms with Crippen LogP contribution in [-0.2, 0) is 4.79 Å². The Bertz CT molecular complexity index is 607. The van der Waals surface area contributed by atoms with Crippen LogP contribution in [0.15, 0.2) is 17.8 Å². The summed E-state index contributed by atoms with van der Waals surface area (Å²) in [6.45, 7) is 0. The van der Waals surface area contributed by atoms with E-state index in [4.69, 9.17) is 0 Å². The second-order valence-electron chi connectivity index (χ2n) is 5.22. The molecule has 0 spiro atoms. The van der Waals surface area contributed by atoms with Crippen molar-refractivity contribution in [3.8, 4) is 0 Å². The zero-order valence-corrected chi connectivity index (χ0v) is 11.9. The molecule has 2 aromatic rings. The van der Waals surface area contributed by atoms with Gasteiger partial charge in [-0.25, -0.2) is 14.8 Å². The Morgan fingerprint density at radius 3 is 2.90 bits per heavy atom. The highest BCUT2D eigenvalue weighted by Crippen LogP contribution is 2.30. The molecule has 20 heavy (non-hydrogen) atoms. The van der Waals surface area contributed by atoms with E-state index < -0.39 is 12.0 Å². The highest BCUT2D eigenvalue weighted by atomic mass is 32.1. The molecule has 6 heteroatoms. The average molecular weight is 291 g/mol. The van der Waals surface area contributed by atoms with Crippen LogP contribution < -0.4 is 5.32 Å². The van der Waals surface area contributed by atoms with Gasteiger partial charge in [-0.1, -0.05) is 19.3 Å². The molecule has 1 saturated carbocycles. The summed E-state index contributed by atoms with van der Waals surface area (Å²) in [4.78, 5) is 20.0. The molecule has 1 atom stereocenters.